The standard InChI is InChI=1S/C20H26ClNO2.ClH/c1-15-13-18(20(23)16(2)22-12-6-11-21)9-10-19(15)24-14-17-7-4-3-5-8-17;/h3-5,7-10,13,16,20,22-23H,6,11-12,14H2,1-2H3;1H. The lowest BCUT2D eigenvalue weighted by atomic mass is 10.0. The number of aryl methyl sites for hydroxylation is 1. The Morgan fingerprint density at radius 3 is 2.52 bits per heavy atom. The Morgan fingerprint density at radius 2 is 1.88 bits per heavy atom. The molecule has 3 N–H and O–H groups in total. The maximum atomic E-state index is 10.5. The van der Waals surface area contributed by atoms with E-state index in [0.717, 1.165) is 35.4 Å². The van der Waals surface area contributed by atoms with Crippen molar-refractivity contribution in [3.63, 3.8) is 0 Å². The number of aliphatic hydroxyl groups is 1. The van der Waals surface area contributed by atoms with E-state index in [0.29, 0.717) is 12.5 Å². The van der Waals surface area contributed by atoms with Gasteiger partial charge in [-0.2, -0.15) is 0 Å². The summed E-state index contributed by atoms with van der Waals surface area (Å²) in [6.45, 7) is 5.53. The fourth-order valence-electron chi connectivity index (χ4n) is 2.64. The van der Waals surface area contributed by atoms with Crippen molar-refractivity contribution < 1.29 is 27.6 Å². The number of quaternary nitrogens is 1. The van der Waals surface area contributed by atoms with Crippen LogP contribution in [0.3, 0.4) is 0 Å². The average molecular weight is 384 g/mol. The lowest BCUT2D eigenvalue weighted by molar-refractivity contribution is -0.694. The highest BCUT2D eigenvalue weighted by molar-refractivity contribution is 6.17. The molecule has 0 saturated carbocycles. The molecule has 138 valence electrons. The van der Waals surface area contributed by atoms with Crippen molar-refractivity contribution in [1.82, 2.24) is 0 Å². The maximum absolute atomic E-state index is 10.5. The van der Waals surface area contributed by atoms with Gasteiger partial charge in [0.05, 0.1) is 6.54 Å². The molecule has 5 heteroatoms. The summed E-state index contributed by atoms with van der Waals surface area (Å²) in [6, 6.07) is 16.1. The van der Waals surface area contributed by atoms with Crippen LogP contribution in [0.5, 0.6) is 5.75 Å². The molecule has 0 aliphatic heterocycles. The van der Waals surface area contributed by atoms with Gasteiger partial charge in [0.2, 0.25) is 0 Å². The number of alkyl halides is 1. The number of benzene rings is 2. The monoisotopic (exact) mass is 383 g/mol. The molecule has 2 atom stereocenters. The number of rotatable bonds is 9. The number of halogens is 2. The van der Waals surface area contributed by atoms with E-state index < -0.39 is 6.10 Å². The second kappa shape index (κ2) is 11.4. The molecule has 0 amide bonds. The first kappa shape index (κ1) is 21.8. The number of aliphatic hydroxyl groups excluding tert-OH is 1. The Kier molecular flexibility index (Phi) is 9.91. The van der Waals surface area contributed by atoms with Crippen LogP contribution >= 0.6 is 11.6 Å². The summed E-state index contributed by atoms with van der Waals surface area (Å²) >= 11 is 5.70. The molecule has 0 aromatic heterocycles. The third-order valence-electron chi connectivity index (χ3n) is 4.15. The molecule has 0 radical (unpaired) electrons. The van der Waals surface area contributed by atoms with Gasteiger partial charge in [-0.25, -0.2) is 0 Å². The van der Waals surface area contributed by atoms with Crippen molar-refractivity contribution in [2.75, 3.05) is 12.4 Å². The maximum Gasteiger partial charge on any atom is 0.130 e. The number of ether oxygens (including phenoxy) is 1. The molecule has 2 rings (SSSR count). The summed E-state index contributed by atoms with van der Waals surface area (Å²) in [6.07, 6.45) is 0.450. The van der Waals surface area contributed by atoms with Gasteiger partial charge in [-0.1, -0.05) is 36.4 Å². The highest BCUT2D eigenvalue weighted by Crippen LogP contribution is 2.24. The fourth-order valence-corrected chi connectivity index (χ4v) is 2.80. The van der Waals surface area contributed by atoms with Crippen LogP contribution in [-0.4, -0.2) is 23.6 Å². The summed E-state index contributed by atoms with van der Waals surface area (Å²) < 4.78 is 5.89. The second-order valence-corrected chi connectivity index (χ2v) is 6.55. The molecule has 0 aliphatic carbocycles. The molecule has 0 saturated heterocycles. The van der Waals surface area contributed by atoms with Crippen LogP contribution in [0.2, 0.25) is 0 Å². The van der Waals surface area contributed by atoms with E-state index in [1.807, 2.05) is 62.4 Å². The predicted molar refractivity (Wildman–Crippen MR) is 98.5 cm³/mol. The summed E-state index contributed by atoms with van der Waals surface area (Å²) in [7, 11) is 0. The predicted octanol–water partition coefficient (Wildman–Crippen LogP) is 0.192. The van der Waals surface area contributed by atoms with E-state index in [9.17, 15) is 5.11 Å². The van der Waals surface area contributed by atoms with Crippen molar-refractivity contribution in [3.8, 4) is 5.75 Å². The lowest BCUT2D eigenvalue weighted by Crippen LogP contribution is -3.00. The topological polar surface area (TPSA) is 46.1 Å². The van der Waals surface area contributed by atoms with Gasteiger partial charge >= 0.3 is 0 Å². The fraction of sp³-hybridized carbons (Fsp3) is 0.400. The number of hydrogen-bond donors (Lipinski definition) is 2. The molecule has 2 aromatic carbocycles. The van der Waals surface area contributed by atoms with Crippen LogP contribution in [0, 0.1) is 6.92 Å². The van der Waals surface area contributed by atoms with Crippen LogP contribution in [0.4, 0.5) is 0 Å². The van der Waals surface area contributed by atoms with Crippen LogP contribution in [0.15, 0.2) is 48.5 Å². The van der Waals surface area contributed by atoms with Gasteiger partial charge in [0.15, 0.2) is 0 Å². The summed E-state index contributed by atoms with van der Waals surface area (Å²) in [5, 5.41) is 12.6. The summed E-state index contributed by atoms with van der Waals surface area (Å²) in [5.41, 5.74) is 3.10. The Labute approximate surface area is 161 Å². The van der Waals surface area contributed by atoms with E-state index in [-0.39, 0.29) is 18.4 Å². The van der Waals surface area contributed by atoms with Gasteiger partial charge in [0.25, 0.3) is 0 Å². The molecule has 0 bridgehead atoms. The van der Waals surface area contributed by atoms with Gasteiger partial charge in [-0.15, -0.1) is 11.6 Å². The van der Waals surface area contributed by atoms with E-state index in [2.05, 4.69) is 5.32 Å². The van der Waals surface area contributed by atoms with Crippen molar-refractivity contribution in [1.29, 1.82) is 0 Å². The van der Waals surface area contributed by atoms with Crippen molar-refractivity contribution >= 4 is 11.6 Å². The van der Waals surface area contributed by atoms with Crippen LogP contribution in [0.25, 0.3) is 0 Å². The van der Waals surface area contributed by atoms with E-state index in [4.69, 9.17) is 16.3 Å². The van der Waals surface area contributed by atoms with Crippen LogP contribution < -0.4 is 22.5 Å². The highest BCUT2D eigenvalue weighted by Gasteiger charge is 2.19. The van der Waals surface area contributed by atoms with Gasteiger partial charge in [0.1, 0.15) is 24.5 Å². The molecule has 2 aromatic rings. The smallest absolute Gasteiger partial charge is 0.130 e. The van der Waals surface area contributed by atoms with Gasteiger partial charge in [-0.05, 0) is 42.7 Å². The minimum Gasteiger partial charge on any atom is -1.00 e. The SMILES string of the molecule is Cc1cc(C(O)C(C)[NH2+]CCCCl)ccc1OCc1ccccc1.[Cl-]. The number of nitrogens with two attached hydrogens (primary N) is 1. The van der Waals surface area contributed by atoms with Gasteiger partial charge in [-0.3, -0.25) is 0 Å². The average Bonchev–Trinajstić information content (AvgIpc) is 2.61. The van der Waals surface area contributed by atoms with Gasteiger partial charge < -0.3 is 27.6 Å². The minimum atomic E-state index is -0.498. The summed E-state index contributed by atoms with van der Waals surface area (Å²) in [4.78, 5) is 0. The quantitative estimate of drug-likeness (QED) is 0.479. The Morgan fingerprint density at radius 1 is 1.16 bits per heavy atom. The first-order valence-corrected chi connectivity index (χ1v) is 9.00. The normalized spacial score (nSPS) is 13.0. The molecule has 25 heavy (non-hydrogen) atoms. The molecule has 0 heterocycles. The van der Waals surface area contributed by atoms with Crippen molar-refractivity contribution in [2.24, 2.45) is 0 Å². The van der Waals surface area contributed by atoms with Gasteiger partial charge in [0, 0.05) is 12.3 Å². The van der Waals surface area contributed by atoms with Crippen molar-refractivity contribution in [2.45, 2.75) is 39.0 Å². The molecule has 2 unspecified atom stereocenters. The molecule has 0 fully saturated rings. The first-order valence-electron chi connectivity index (χ1n) is 8.46. The second-order valence-electron chi connectivity index (χ2n) is 6.17. The Hall–Kier alpha value is -1.26. The minimum absolute atomic E-state index is 0. The highest BCUT2D eigenvalue weighted by atomic mass is 35.5. The van der Waals surface area contributed by atoms with Crippen molar-refractivity contribution in [3.05, 3.63) is 65.2 Å². The zero-order chi connectivity index (χ0) is 17.4. The molecule has 3 nitrogen and oxygen atoms in total. The molecular weight excluding hydrogens is 357 g/mol. The van der Waals surface area contributed by atoms with Crippen LogP contribution in [0.1, 0.15) is 36.1 Å². The largest absolute Gasteiger partial charge is 1.00 e. The van der Waals surface area contributed by atoms with E-state index in [1.165, 1.54) is 0 Å². The Bertz CT molecular complexity index is 622. The van der Waals surface area contributed by atoms with E-state index >= 15 is 0 Å². The van der Waals surface area contributed by atoms with Crippen LogP contribution in [-0.2, 0) is 6.61 Å². The van der Waals surface area contributed by atoms with E-state index in [1.54, 1.807) is 0 Å². The molecule has 0 spiro atoms. The Balaban J connectivity index is 0.00000312. The summed E-state index contributed by atoms with van der Waals surface area (Å²) in [5.74, 6) is 1.51. The molecule has 0 aliphatic rings. The lowest BCUT2D eigenvalue weighted by Gasteiger charge is -2.19. The molecular formula is C20H27Cl2NO2. The third kappa shape index (κ3) is 6.87. The zero-order valence-corrected chi connectivity index (χ0v) is 16.3. The third-order valence-corrected chi connectivity index (χ3v) is 4.42. The zero-order valence-electron chi connectivity index (χ0n) is 14.8. The number of hydrogen-bond acceptors (Lipinski definition) is 2. The first-order chi connectivity index (χ1) is 11.6.